The molecule has 10 heteroatoms. The minimum Gasteiger partial charge on any atom is -0.488 e. The quantitative estimate of drug-likeness (QED) is 0.400. The first-order valence-electron chi connectivity index (χ1n) is 12.3. The number of hydrogen-bond acceptors (Lipinski definition) is 7. The molecule has 37 heavy (non-hydrogen) atoms. The summed E-state index contributed by atoms with van der Waals surface area (Å²) in [6.07, 6.45) is 2.52. The van der Waals surface area contributed by atoms with Crippen molar-refractivity contribution in [3.63, 3.8) is 0 Å². The van der Waals surface area contributed by atoms with Gasteiger partial charge in [0.2, 0.25) is 5.90 Å². The molecule has 3 aromatic rings. The summed E-state index contributed by atoms with van der Waals surface area (Å²) in [6, 6.07) is 13.1. The number of aromatic amines is 1. The predicted octanol–water partition coefficient (Wildman–Crippen LogP) is 4.14. The van der Waals surface area contributed by atoms with Crippen LogP contribution in [0, 0.1) is 0 Å². The molecule has 0 amide bonds. The molecule has 0 radical (unpaired) electrons. The van der Waals surface area contributed by atoms with Gasteiger partial charge in [-0.1, -0.05) is 0 Å². The van der Waals surface area contributed by atoms with Crippen molar-refractivity contribution in [1.29, 1.82) is 0 Å². The number of nitrogens with one attached hydrogen (secondary N) is 1. The number of aliphatic imine (C=N–C) groups is 1. The third kappa shape index (κ3) is 5.66. The van der Waals surface area contributed by atoms with Gasteiger partial charge < -0.3 is 23.9 Å². The van der Waals surface area contributed by atoms with Gasteiger partial charge in [0, 0.05) is 37.5 Å². The molecule has 9 nitrogen and oxygen atoms in total. The van der Waals surface area contributed by atoms with E-state index in [9.17, 15) is 4.21 Å². The molecule has 0 bridgehead atoms. The van der Waals surface area contributed by atoms with Crippen LogP contribution in [0.4, 0.5) is 0 Å². The lowest BCUT2D eigenvalue weighted by Gasteiger charge is -2.33. The Morgan fingerprint density at radius 3 is 2.59 bits per heavy atom. The molecule has 1 fully saturated rings. The third-order valence-corrected chi connectivity index (χ3v) is 8.25. The average Bonchev–Trinajstić information content (AvgIpc) is 3.47. The van der Waals surface area contributed by atoms with Gasteiger partial charge in [0.15, 0.2) is 0 Å². The first kappa shape index (κ1) is 25.3. The van der Waals surface area contributed by atoms with E-state index in [1.54, 1.807) is 25.4 Å². The van der Waals surface area contributed by atoms with Crippen LogP contribution >= 0.6 is 0 Å². The largest absolute Gasteiger partial charge is 0.488 e. The van der Waals surface area contributed by atoms with Crippen molar-refractivity contribution in [2.24, 2.45) is 4.99 Å². The van der Waals surface area contributed by atoms with Crippen LogP contribution in [-0.4, -0.2) is 75.8 Å². The molecular formula is C27H32N4O5S. The number of nitrogens with zero attached hydrogens (tertiary/aromatic N) is 3. The van der Waals surface area contributed by atoms with Gasteiger partial charge in [-0.25, -0.2) is 18.5 Å². The Hall–Kier alpha value is -3.34. The topological polar surface area (TPSA) is 98.3 Å². The number of methoxy groups -OCH3 is 1. The van der Waals surface area contributed by atoms with Crippen molar-refractivity contribution < 1.29 is 23.2 Å². The lowest BCUT2D eigenvalue weighted by molar-refractivity contribution is 0.0920. The normalized spacial score (nSPS) is 19.9. The first-order chi connectivity index (χ1) is 17.8. The summed E-state index contributed by atoms with van der Waals surface area (Å²) >= 11 is 0. The van der Waals surface area contributed by atoms with Gasteiger partial charge in [0.05, 0.1) is 29.1 Å². The lowest BCUT2D eigenvalue weighted by Crippen LogP contribution is -2.42. The summed E-state index contributed by atoms with van der Waals surface area (Å²) in [7, 11) is -0.916. The number of ether oxygens (including phenoxy) is 4. The van der Waals surface area contributed by atoms with Crippen molar-refractivity contribution in [1.82, 2.24) is 14.3 Å². The van der Waals surface area contributed by atoms with E-state index >= 15 is 0 Å². The van der Waals surface area contributed by atoms with Gasteiger partial charge >= 0.3 is 0 Å². The van der Waals surface area contributed by atoms with Crippen LogP contribution in [0.3, 0.4) is 0 Å². The van der Waals surface area contributed by atoms with E-state index in [0.717, 1.165) is 36.5 Å². The molecule has 0 saturated carbocycles. The van der Waals surface area contributed by atoms with E-state index in [4.69, 9.17) is 18.9 Å². The molecule has 4 heterocycles. The highest BCUT2D eigenvalue weighted by molar-refractivity contribution is 7.98. The highest BCUT2D eigenvalue weighted by Gasteiger charge is 2.25. The van der Waals surface area contributed by atoms with Gasteiger partial charge in [-0.2, -0.15) is 0 Å². The fraction of sp³-hybridized carbons (Fsp3) is 0.370. The van der Waals surface area contributed by atoms with Crippen molar-refractivity contribution in [3.8, 4) is 28.5 Å². The lowest BCUT2D eigenvalue weighted by atomic mass is 10.1. The van der Waals surface area contributed by atoms with Crippen molar-refractivity contribution in [2.75, 3.05) is 33.4 Å². The first-order valence-corrected chi connectivity index (χ1v) is 14.0. The molecule has 0 spiro atoms. The number of H-pyrrole nitrogens is 1. The minimum absolute atomic E-state index is 0.0727. The van der Waals surface area contributed by atoms with Crippen molar-refractivity contribution in [3.05, 3.63) is 54.4 Å². The predicted molar refractivity (Wildman–Crippen MR) is 144 cm³/mol. The molecule has 5 rings (SSSR count). The van der Waals surface area contributed by atoms with Crippen molar-refractivity contribution in [2.45, 2.75) is 37.5 Å². The molecule has 3 atom stereocenters. The third-order valence-electron chi connectivity index (χ3n) is 6.15. The maximum absolute atomic E-state index is 13.0. The summed E-state index contributed by atoms with van der Waals surface area (Å²) in [5.41, 5.74) is 2.56. The Balaban J connectivity index is 1.40. The van der Waals surface area contributed by atoms with Crippen LogP contribution in [0.2, 0.25) is 0 Å². The Labute approximate surface area is 217 Å². The van der Waals surface area contributed by atoms with E-state index in [0.29, 0.717) is 41.3 Å². The molecule has 2 aromatic heterocycles. The molecule has 2 aliphatic heterocycles. The molecule has 0 aliphatic carbocycles. The molecule has 1 N–H and O–H groups in total. The van der Waals surface area contributed by atoms with Crippen LogP contribution in [0.1, 0.15) is 26.0 Å². The van der Waals surface area contributed by atoms with Crippen molar-refractivity contribution >= 4 is 21.5 Å². The molecule has 1 unspecified atom stereocenters. The second kappa shape index (κ2) is 10.6. The van der Waals surface area contributed by atoms with Crippen LogP contribution < -0.4 is 9.47 Å². The highest BCUT2D eigenvalue weighted by atomic mass is 32.2. The van der Waals surface area contributed by atoms with Gasteiger partial charge in [-0.3, -0.25) is 0 Å². The number of rotatable bonds is 10. The standard InChI is InChI=1S/C27H32N4O5S/c1-18-15-29-27(35-18)25-8-7-24(30-25)20-12-22(34-19(2)17-33-3)14-23(13-20)36-21-6-9-26(28-16-21)37(4,32)31-10-5-11-31/h6-9,12-14,16,18-19,30H,4-5,10-11,15,17H2,1-3H3/t18-,19-,37?/m0/s1. The number of pyridine rings is 1. The average molecular weight is 525 g/mol. The Kier molecular flexibility index (Phi) is 7.23. The van der Waals surface area contributed by atoms with Gasteiger partial charge in [-0.05, 0) is 62.5 Å². The monoisotopic (exact) mass is 524 g/mol. The number of benzene rings is 1. The Bertz CT molecular complexity index is 1380. The van der Waals surface area contributed by atoms with Crippen LogP contribution in [0.15, 0.2) is 58.7 Å². The summed E-state index contributed by atoms with van der Waals surface area (Å²) in [4.78, 5) is 12.2. The SMILES string of the molecule is C=S(=O)(c1ccc(Oc2cc(O[C@@H](C)COC)cc(-c3ccc(C4=NC[C@H](C)O4)[nH]3)c2)cn1)N1CCC1. The molecule has 1 aromatic carbocycles. The minimum atomic E-state index is -2.56. The highest BCUT2D eigenvalue weighted by Crippen LogP contribution is 2.33. The van der Waals surface area contributed by atoms with E-state index in [1.165, 1.54) is 0 Å². The van der Waals surface area contributed by atoms with Gasteiger partial charge in [-0.15, -0.1) is 0 Å². The molecule has 2 aliphatic rings. The van der Waals surface area contributed by atoms with Gasteiger partial charge in [0.1, 0.15) is 40.2 Å². The summed E-state index contributed by atoms with van der Waals surface area (Å²) in [5, 5.41) is 0.455. The van der Waals surface area contributed by atoms with E-state index < -0.39 is 9.71 Å². The van der Waals surface area contributed by atoms with Crippen LogP contribution in [-0.2, 0) is 19.2 Å². The zero-order valence-electron chi connectivity index (χ0n) is 21.3. The van der Waals surface area contributed by atoms with E-state index in [1.807, 2.05) is 48.5 Å². The smallest absolute Gasteiger partial charge is 0.233 e. The zero-order chi connectivity index (χ0) is 26.0. The van der Waals surface area contributed by atoms with E-state index in [-0.39, 0.29) is 12.2 Å². The number of hydrogen-bond donors (Lipinski definition) is 1. The summed E-state index contributed by atoms with van der Waals surface area (Å²) in [6.45, 7) is 6.59. The van der Waals surface area contributed by atoms with E-state index in [2.05, 4.69) is 20.8 Å². The Morgan fingerprint density at radius 2 is 1.95 bits per heavy atom. The fourth-order valence-electron chi connectivity index (χ4n) is 4.13. The molecule has 1 saturated heterocycles. The summed E-state index contributed by atoms with van der Waals surface area (Å²) < 4.78 is 38.1. The summed E-state index contributed by atoms with van der Waals surface area (Å²) in [5.74, 6) is 6.26. The Morgan fingerprint density at radius 1 is 1.16 bits per heavy atom. The van der Waals surface area contributed by atoms with Gasteiger partial charge in [0.25, 0.3) is 0 Å². The second-order valence-corrected chi connectivity index (χ2v) is 11.5. The van der Waals surface area contributed by atoms with Crippen LogP contribution in [0.25, 0.3) is 11.3 Å². The molecular weight excluding hydrogens is 492 g/mol. The maximum Gasteiger partial charge on any atom is 0.233 e. The fourth-order valence-corrected chi connectivity index (χ4v) is 5.75. The number of aromatic nitrogens is 2. The zero-order valence-corrected chi connectivity index (χ0v) is 22.1. The van der Waals surface area contributed by atoms with Crippen LogP contribution in [0.5, 0.6) is 17.2 Å². The molecule has 196 valence electrons. The second-order valence-electron chi connectivity index (χ2n) is 9.29. The maximum atomic E-state index is 13.0.